The van der Waals surface area contributed by atoms with Crippen molar-refractivity contribution in [1.82, 2.24) is 9.78 Å². The monoisotopic (exact) mass is 372 g/mol. The molecule has 4 rings (SSSR count). The number of ketones is 1. The maximum absolute atomic E-state index is 13.0. The van der Waals surface area contributed by atoms with Crippen LogP contribution < -0.4 is 9.47 Å². The summed E-state index contributed by atoms with van der Waals surface area (Å²) < 4.78 is 30.7. The molecular formula is C18H13FN2O4S. The maximum Gasteiger partial charge on any atom is 0.287 e. The predicted molar refractivity (Wildman–Crippen MR) is 92.5 cm³/mol. The molecule has 1 aliphatic rings. The van der Waals surface area contributed by atoms with Gasteiger partial charge in [-0.25, -0.2) is 9.07 Å². The van der Waals surface area contributed by atoms with Gasteiger partial charge in [0, 0.05) is 11.1 Å². The van der Waals surface area contributed by atoms with E-state index in [1.54, 1.807) is 18.2 Å². The van der Waals surface area contributed by atoms with Crippen LogP contribution in [0.15, 0.2) is 46.9 Å². The molecule has 132 valence electrons. The van der Waals surface area contributed by atoms with Crippen molar-refractivity contribution in [3.05, 3.63) is 58.7 Å². The highest BCUT2D eigenvalue weighted by Crippen LogP contribution is 2.31. The van der Waals surface area contributed by atoms with Crippen molar-refractivity contribution in [3.8, 4) is 23.0 Å². The zero-order chi connectivity index (χ0) is 18.1. The van der Waals surface area contributed by atoms with E-state index in [0.717, 1.165) is 0 Å². The summed E-state index contributed by atoms with van der Waals surface area (Å²) in [5.74, 6) is 0.824. The number of halogens is 1. The number of nitrogens with zero attached hydrogens (tertiary/aromatic N) is 2. The summed E-state index contributed by atoms with van der Waals surface area (Å²) in [5.41, 5.74) is 1.03. The van der Waals surface area contributed by atoms with E-state index in [9.17, 15) is 9.18 Å². The second kappa shape index (κ2) is 6.72. The smallest absolute Gasteiger partial charge is 0.287 e. The van der Waals surface area contributed by atoms with Gasteiger partial charge in [-0.3, -0.25) is 4.79 Å². The molecule has 3 aromatic rings. The van der Waals surface area contributed by atoms with Crippen LogP contribution in [0.5, 0.6) is 11.5 Å². The number of rotatable bonds is 4. The molecule has 0 unspecified atom stereocenters. The van der Waals surface area contributed by atoms with Crippen LogP contribution in [0.2, 0.25) is 0 Å². The Morgan fingerprint density at radius 3 is 2.62 bits per heavy atom. The molecule has 0 atom stereocenters. The Bertz CT molecular complexity index is 1030. The van der Waals surface area contributed by atoms with Gasteiger partial charge in [-0.1, -0.05) is 0 Å². The lowest BCUT2D eigenvalue weighted by Gasteiger charge is -2.18. The number of benzene rings is 2. The normalized spacial score (nSPS) is 12.8. The second-order valence-corrected chi connectivity index (χ2v) is 5.97. The first kappa shape index (κ1) is 16.5. The molecule has 2 heterocycles. The van der Waals surface area contributed by atoms with E-state index < -0.39 is 0 Å². The van der Waals surface area contributed by atoms with Gasteiger partial charge in [-0.15, -0.1) is 5.10 Å². The summed E-state index contributed by atoms with van der Waals surface area (Å²) in [7, 11) is 0. The van der Waals surface area contributed by atoms with Crippen LogP contribution in [-0.4, -0.2) is 28.8 Å². The van der Waals surface area contributed by atoms with Crippen molar-refractivity contribution in [2.75, 3.05) is 13.2 Å². The second-order valence-electron chi connectivity index (χ2n) is 5.62. The highest BCUT2D eigenvalue weighted by atomic mass is 32.1. The molecule has 0 N–H and O–H groups in total. The highest BCUT2D eigenvalue weighted by Gasteiger charge is 2.17. The van der Waals surface area contributed by atoms with Gasteiger partial charge in [-0.2, -0.15) is 0 Å². The number of fused-ring (bicyclic) bond motifs is 1. The van der Waals surface area contributed by atoms with Crippen molar-refractivity contribution in [3.63, 3.8) is 0 Å². The van der Waals surface area contributed by atoms with E-state index in [-0.39, 0.29) is 28.9 Å². The van der Waals surface area contributed by atoms with Crippen LogP contribution >= 0.6 is 12.2 Å². The Morgan fingerprint density at radius 2 is 1.85 bits per heavy atom. The highest BCUT2D eigenvalue weighted by molar-refractivity contribution is 7.71. The zero-order valence-electron chi connectivity index (χ0n) is 13.5. The molecule has 0 spiro atoms. The third-order valence-corrected chi connectivity index (χ3v) is 4.15. The lowest BCUT2D eigenvalue weighted by Crippen LogP contribution is -2.17. The van der Waals surface area contributed by atoms with Gasteiger partial charge in [0.15, 0.2) is 17.3 Å². The van der Waals surface area contributed by atoms with Gasteiger partial charge >= 0.3 is 0 Å². The molecular weight excluding hydrogens is 359 g/mol. The minimum atomic E-state index is -0.361. The SMILES string of the molecule is O=C(Cn1nc(-c2ccc(F)cc2)oc1=S)c1ccc2c(c1)OCCO2. The molecule has 26 heavy (non-hydrogen) atoms. The third kappa shape index (κ3) is 3.23. The Hall–Kier alpha value is -3.00. The van der Waals surface area contributed by atoms with Crippen LogP contribution in [-0.2, 0) is 6.54 Å². The fraction of sp³-hybridized carbons (Fsp3) is 0.167. The van der Waals surface area contributed by atoms with E-state index in [0.29, 0.717) is 35.8 Å². The standard InChI is InChI=1S/C18H13FN2O4S/c19-13-4-1-11(2-5-13)17-20-21(18(26)25-17)10-14(22)12-3-6-15-16(9-12)24-8-7-23-15/h1-6,9H,7-8,10H2. The summed E-state index contributed by atoms with van der Waals surface area (Å²) >= 11 is 5.13. The van der Waals surface area contributed by atoms with Crippen LogP contribution in [0.1, 0.15) is 10.4 Å². The van der Waals surface area contributed by atoms with Gasteiger partial charge in [-0.05, 0) is 54.7 Å². The Balaban J connectivity index is 1.56. The Morgan fingerprint density at radius 1 is 1.12 bits per heavy atom. The summed E-state index contributed by atoms with van der Waals surface area (Å²) in [6, 6.07) is 10.7. The minimum Gasteiger partial charge on any atom is -0.486 e. The van der Waals surface area contributed by atoms with Gasteiger partial charge in [0.2, 0.25) is 5.89 Å². The fourth-order valence-corrected chi connectivity index (χ4v) is 2.74. The van der Waals surface area contributed by atoms with Crippen molar-refractivity contribution < 1.29 is 23.1 Å². The summed E-state index contributed by atoms with van der Waals surface area (Å²) in [5, 5.41) is 4.21. The Kier molecular flexibility index (Phi) is 4.26. The van der Waals surface area contributed by atoms with Gasteiger partial charge < -0.3 is 13.9 Å². The number of aromatic nitrogens is 2. The molecule has 1 aromatic heterocycles. The molecule has 1 aliphatic heterocycles. The van der Waals surface area contributed by atoms with E-state index >= 15 is 0 Å². The first-order chi connectivity index (χ1) is 12.6. The molecule has 0 fully saturated rings. The van der Waals surface area contributed by atoms with Gasteiger partial charge in [0.25, 0.3) is 4.84 Å². The molecule has 0 aliphatic carbocycles. The van der Waals surface area contributed by atoms with E-state index in [1.165, 1.54) is 28.9 Å². The molecule has 8 heteroatoms. The average Bonchev–Trinajstić information content (AvgIpc) is 3.02. The van der Waals surface area contributed by atoms with Crippen molar-refractivity contribution in [1.29, 1.82) is 0 Å². The Labute approximate surface area is 152 Å². The zero-order valence-corrected chi connectivity index (χ0v) is 14.3. The number of carbonyl (C=O) groups is 1. The van der Waals surface area contributed by atoms with Crippen molar-refractivity contribution in [2.24, 2.45) is 0 Å². The number of hydrogen-bond donors (Lipinski definition) is 0. The largest absolute Gasteiger partial charge is 0.486 e. The van der Waals surface area contributed by atoms with Crippen molar-refractivity contribution >= 4 is 18.0 Å². The molecule has 0 saturated carbocycles. The lowest BCUT2D eigenvalue weighted by molar-refractivity contribution is 0.0964. The fourth-order valence-electron chi connectivity index (χ4n) is 2.56. The van der Waals surface area contributed by atoms with Crippen LogP contribution in [0.3, 0.4) is 0 Å². The van der Waals surface area contributed by atoms with E-state index in [4.69, 9.17) is 26.1 Å². The number of Topliss-reactive ketones (excluding diaryl/α,β-unsaturated/α-hetero) is 1. The lowest BCUT2D eigenvalue weighted by atomic mass is 10.1. The molecule has 0 amide bonds. The quantitative estimate of drug-likeness (QED) is 0.514. The van der Waals surface area contributed by atoms with E-state index in [2.05, 4.69) is 5.10 Å². The minimum absolute atomic E-state index is 0.0650. The average molecular weight is 372 g/mol. The maximum atomic E-state index is 13.0. The number of carbonyl (C=O) groups excluding carboxylic acids is 1. The van der Waals surface area contributed by atoms with Gasteiger partial charge in [0.05, 0.1) is 0 Å². The molecule has 6 nitrogen and oxygen atoms in total. The molecule has 0 radical (unpaired) electrons. The first-order valence-electron chi connectivity index (χ1n) is 7.87. The van der Waals surface area contributed by atoms with Crippen LogP contribution in [0, 0.1) is 10.7 Å². The summed E-state index contributed by atoms with van der Waals surface area (Å²) in [4.78, 5) is 12.6. The topological polar surface area (TPSA) is 66.5 Å². The van der Waals surface area contributed by atoms with Gasteiger partial charge in [0.1, 0.15) is 25.6 Å². The molecule has 0 bridgehead atoms. The predicted octanol–water partition coefficient (Wildman–Crippen LogP) is 3.67. The molecule has 2 aromatic carbocycles. The number of ether oxygens (including phenoxy) is 2. The summed E-state index contributed by atoms with van der Waals surface area (Å²) in [6.07, 6.45) is 0. The summed E-state index contributed by atoms with van der Waals surface area (Å²) in [6.45, 7) is 0.851. The van der Waals surface area contributed by atoms with E-state index in [1.807, 2.05) is 0 Å². The molecule has 0 saturated heterocycles. The van der Waals surface area contributed by atoms with Crippen LogP contribution in [0.4, 0.5) is 4.39 Å². The number of hydrogen-bond acceptors (Lipinski definition) is 6. The third-order valence-electron chi connectivity index (χ3n) is 3.85. The first-order valence-corrected chi connectivity index (χ1v) is 8.28. The van der Waals surface area contributed by atoms with Crippen LogP contribution in [0.25, 0.3) is 11.5 Å². The van der Waals surface area contributed by atoms with Crippen molar-refractivity contribution in [2.45, 2.75) is 6.54 Å².